The number of halogens is 1. The lowest BCUT2D eigenvalue weighted by atomic mass is 10.00. The van der Waals surface area contributed by atoms with Crippen LogP contribution in [0, 0.1) is 6.92 Å². The number of benzene rings is 2. The lowest BCUT2D eigenvalue weighted by molar-refractivity contribution is -0.139. The first-order chi connectivity index (χ1) is 10.7. The molecule has 0 fully saturated rings. The van der Waals surface area contributed by atoms with Crippen LogP contribution < -0.4 is 4.74 Å². The largest absolute Gasteiger partial charge is 0.481 e. The van der Waals surface area contributed by atoms with E-state index in [1.54, 1.807) is 24.3 Å². The number of aryl methyl sites for hydroxylation is 1. The van der Waals surface area contributed by atoms with E-state index >= 15 is 0 Å². The predicted molar refractivity (Wildman–Crippen MR) is 87.9 cm³/mol. The van der Waals surface area contributed by atoms with Gasteiger partial charge in [0.1, 0.15) is 5.75 Å². The number of carboxylic acid groups (broad SMARTS) is 1. The molecule has 5 nitrogen and oxygen atoms in total. The second kappa shape index (κ2) is 6.60. The molecule has 0 spiro atoms. The van der Waals surface area contributed by atoms with Crippen molar-refractivity contribution in [3.8, 4) is 16.9 Å². The van der Waals surface area contributed by atoms with E-state index in [4.69, 9.17) is 21.4 Å². The van der Waals surface area contributed by atoms with Crippen molar-refractivity contribution >= 4 is 27.4 Å². The Morgan fingerprint density at radius 1 is 1.17 bits per heavy atom. The Bertz CT molecular complexity index is 859. The molecule has 0 aliphatic carbocycles. The van der Waals surface area contributed by atoms with Crippen LogP contribution in [0.3, 0.4) is 0 Å². The Hall–Kier alpha value is -2.05. The molecular weight excluding hydrogens is 340 g/mol. The summed E-state index contributed by atoms with van der Waals surface area (Å²) in [4.78, 5) is 10.9. The lowest BCUT2D eigenvalue weighted by Gasteiger charge is -2.14. The number of ether oxygens (including phenoxy) is 1. The van der Waals surface area contributed by atoms with Crippen LogP contribution >= 0.6 is 11.6 Å². The monoisotopic (exact) mass is 354 g/mol. The zero-order chi connectivity index (χ0) is 17.2. The van der Waals surface area contributed by atoms with Gasteiger partial charge in [-0.15, -0.1) is 0 Å². The van der Waals surface area contributed by atoms with E-state index < -0.39 is 22.4 Å². The van der Waals surface area contributed by atoms with Gasteiger partial charge < -0.3 is 9.84 Å². The van der Waals surface area contributed by atoms with E-state index in [2.05, 4.69) is 0 Å². The van der Waals surface area contributed by atoms with Gasteiger partial charge in [-0.3, -0.25) is 0 Å². The Kier molecular flexibility index (Phi) is 4.97. The molecule has 0 aliphatic rings. The molecule has 1 N–H and O–H groups in total. The van der Waals surface area contributed by atoms with Gasteiger partial charge in [-0.05, 0) is 48.4 Å². The molecule has 7 heteroatoms. The van der Waals surface area contributed by atoms with Crippen LogP contribution in [0.15, 0.2) is 41.3 Å². The Balaban J connectivity index is 2.61. The third kappa shape index (κ3) is 4.24. The van der Waals surface area contributed by atoms with Gasteiger partial charge in [-0.1, -0.05) is 17.7 Å². The van der Waals surface area contributed by atoms with Gasteiger partial charge in [0.15, 0.2) is 16.4 Å². The van der Waals surface area contributed by atoms with Crippen LogP contribution in [0.2, 0.25) is 5.02 Å². The maximum absolute atomic E-state index is 11.8. The standard InChI is InChI=1S/C16H15ClO5S/c1-10-3-5-12(23(2,20)21)8-13(10)14-7-11(17)4-6-15(14)22-9-16(18)19/h3-8H,9H2,1-2H3,(H,18,19). The molecule has 0 aromatic heterocycles. The number of rotatable bonds is 5. The molecule has 0 atom stereocenters. The van der Waals surface area contributed by atoms with Crippen molar-refractivity contribution in [2.75, 3.05) is 12.9 Å². The highest BCUT2D eigenvalue weighted by Gasteiger charge is 2.15. The third-order valence-electron chi connectivity index (χ3n) is 3.22. The molecule has 122 valence electrons. The van der Waals surface area contributed by atoms with Crippen molar-refractivity contribution < 1.29 is 23.1 Å². The maximum atomic E-state index is 11.8. The van der Waals surface area contributed by atoms with Crippen LogP contribution in [-0.2, 0) is 14.6 Å². The van der Waals surface area contributed by atoms with Crippen LogP contribution in [-0.4, -0.2) is 32.4 Å². The summed E-state index contributed by atoms with van der Waals surface area (Å²) in [6, 6.07) is 9.51. The predicted octanol–water partition coefficient (Wildman–Crippen LogP) is 3.18. The highest BCUT2D eigenvalue weighted by molar-refractivity contribution is 7.90. The topological polar surface area (TPSA) is 80.7 Å². The highest BCUT2D eigenvalue weighted by atomic mass is 35.5. The molecule has 0 heterocycles. The zero-order valence-corrected chi connectivity index (χ0v) is 14.1. The van der Waals surface area contributed by atoms with E-state index in [0.29, 0.717) is 21.9 Å². The summed E-state index contributed by atoms with van der Waals surface area (Å²) in [7, 11) is -3.37. The van der Waals surface area contributed by atoms with Crippen molar-refractivity contribution in [2.24, 2.45) is 0 Å². The smallest absolute Gasteiger partial charge is 0.341 e. The number of hydrogen-bond donors (Lipinski definition) is 1. The molecule has 0 radical (unpaired) electrons. The van der Waals surface area contributed by atoms with Crippen molar-refractivity contribution in [1.82, 2.24) is 0 Å². The number of carbonyl (C=O) groups is 1. The Morgan fingerprint density at radius 2 is 1.87 bits per heavy atom. The summed E-state index contributed by atoms with van der Waals surface area (Å²) in [6.45, 7) is 1.32. The quantitative estimate of drug-likeness (QED) is 0.891. The van der Waals surface area contributed by atoms with Crippen LogP contribution in [0.4, 0.5) is 0 Å². The van der Waals surface area contributed by atoms with Crippen molar-refractivity contribution in [1.29, 1.82) is 0 Å². The molecule has 23 heavy (non-hydrogen) atoms. The molecule has 0 unspecified atom stereocenters. The summed E-state index contributed by atoms with van der Waals surface area (Å²) in [5, 5.41) is 9.20. The molecule has 0 saturated carbocycles. The first kappa shape index (κ1) is 17.3. The van der Waals surface area contributed by atoms with Crippen LogP contribution in [0.25, 0.3) is 11.1 Å². The number of carboxylic acids is 1. The van der Waals surface area contributed by atoms with Gasteiger partial charge in [0.2, 0.25) is 0 Å². The van der Waals surface area contributed by atoms with Gasteiger partial charge in [0, 0.05) is 16.8 Å². The van der Waals surface area contributed by atoms with Crippen molar-refractivity contribution in [3.05, 3.63) is 47.0 Å². The molecular formula is C16H15ClO5S. The zero-order valence-electron chi connectivity index (χ0n) is 12.5. The average Bonchev–Trinajstić information content (AvgIpc) is 2.45. The van der Waals surface area contributed by atoms with Gasteiger partial charge >= 0.3 is 5.97 Å². The van der Waals surface area contributed by atoms with Crippen LogP contribution in [0.5, 0.6) is 5.75 Å². The summed E-state index contributed by atoms with van der Waals surface area (Å²) in [5.74, 6) is -0.780. The van der Waals surface area contributed by atoms with E-state index in [1.807, 2.05) is 6.92 Å². The molecule has 0 aliphatic heterocycles. The summed E-state index contributed by atoms with van der Waals surface area (Å²) < 4.78 is 28.8. The highest BCUT2D eigenvalue weighted by Crippen LogP contribution is 2.35. The van der Waals surface area contributed by atoms with Crippen molar-refractivity contribution in [2.45, 2.75) is 11.8 Å². The molecule has 2 rings (SSSR count). The first-order valence-electron chi connectivity index (χ1n) is 6.63. The second-order valence-corrected chi connectivity index (χ2v) is 7.52. The van der Waals surface area contributed by atoms with E-state index in [1.165, 1.54) is 12.1 Å². The number of hydrogen-bond acceptors (Lipinski definition) is 4. The first-order valence-corrected chi connectivity index (χ1v) is 8.90. The minimum atomic E-state index is -3.37. The molecule has 0 amide bonds. The normalized spacial score (nSPS) is 11.3. The molecule has 2 aromatic carbocycles. The van der Waals surface area contributed by atoms with Gasteiger partial charge in [-0.2, -0.15) is 0 Å². The average molecular weight is 355 g/mol. The van der Waals surface area contributed by atoms with Gasteiger partial charge in [0.25, 0.3) is 0 Å². The molecule has 0 bridgehead atoms. The third-order valence-corrected chi connectivity index (χ3v) is 4.57. The summed E-state index contributed by atoms with van der Waals surface area (Å²) in [6.07, 6.45) is 1.13. The lowest BCUT2D eigenvalue weighted by Crippen LogP contribution is -2.10. The minimum absolute atomic E-state index is 0.169. The van der Waals surface area contributed by atoms with Crippen LogP contribution in [0.1, 0.15) is 5.56 Å². The van der Waals surface area contributed by atoms with E-state index in [0.717, 1.165) is 11.8 Å². The molecule has 0 saturated heterocycles. The van der Waals surface area contributed by atoms with E-state index in [-0.39, 0.29) is 4.90 Å². The van der Waals surface area contributed by atoms with Crippen molar-refractivity contribution in [3.63, 3.8) is 0 Å². The number of aliphatic carboxylic acids is 1. The summed E-state index contributed by atoms with van der Waals surface area (Å²) in [5.41, 5.74) is 1.98. The number of sulfone groups is 1. The summed E-state index contributed by atoms with van der Waals surface area (Å²) >= 11 is 6.02. The fourth-order valence-electron chi connectivity index (χ4n) is 2.10. The van der Waals surface area contributed by atoms with Gasteiger partial charge in [-0.25, -0.2) is 13.2 Å². The maximum Gasteiger partial charge on any atom is 0.341 e. The Morgan fingerprint density at radius 3 is 2.48 bits per heavy atom. The fourth-order valence-corrected chi connectivity index (χ4v) is 2.92. The second-order valence-electron chi connectivity index (χ2n) is 5.07. The fraction of sp³-hybridized carbons (Fsp3) is 0.188. The molecule has 2 aromatic rings. The van der Waals surface area contributed by atoms with Gasteiger partial charge in [0.05, 0.1) is 4.90 Å². The van der Waals surface area contributed by atoms with E-state index in [9.17, 15) is 13.2 Å². The minimum Gasteiger partial charge on any atom is -0.481 e. The SMILES string of the molecule is Cc1ccc(S(C)(=O)=O)cc1-c1cc(Cl)ccc1OCC(=O)O. The Labute approximate surface area is 139 Å².